The highest BCUT2D eigenvalue weighted by atomic mass is 16.1. The number of amides is 1. The molecule has 0 bridgehead atoms. The number of nitrogens with one attached hydrogen (secondary N) is 1. The second kappa shape index (κ2) is 3.12. The molecule has 14 heavy (non-hydrogen) atoms. The Morgan fingerprint density at radius 2 is 1.93 bits per heavy atom. The predicted molar refractivity (Wildman–Crippen MR) is 57.4 cm³/mol. The Bertz CT molecular complexity index is 396. The van der Waals surface area contributed by atoms with E-state index in [4.69, 9.17) is 0 Å². The first-order valence-electron chi connectivity index (χ1n) is 4.99. The van der Waals surface area contributed by atoms with Gasteiger partial charge >= 0.3 is 0 Å². The van der Waals surface area contributed by atoms with Crippen molar-refractivity contribution in [1.82, 2.24) is 0 Å². The zero-order valence-corrected chi connectivity index (χ0v) is 8.85. The molecule has 1 aromatic carbocycles. The number of rotatable bonds is 0. The highest BCUT2D eigenvalue weighted by Crippen LogP contribution is 2.27. The van der Waals surface area contributed by atoms with Crippen LogP contribution in [0.1, 0.15) is 23.6 Å². The molecule has 1 atom stereocenters. The van der Waals surface area contributed by atoms with Crippen LogP contribution in [0.15, 0.2) is 12.1 Å². The molecule has 1 aromatic rings. The largest absolute Gasteiger partial charge is 0.326 e. The maximum atomic E-state index is 11.4. The van der Waals surface area contributed by atoms with Gasteiger partial charge in [0.25, 0.3) is 0 Å². The van der Waals surface area contributed by atoms with Crippen LogP contribution in [-0.2, 0) is 11.2 Å². The van der Waals surface area contributed by atoms with Crippen molar-refractivity contribution in [3.05, 3.63) is 28.8 Å². The summed E-state index contributed by atoms with van der Waals surface area (Å²) >= 11 is 0. The lowest BCUT2D eigenvalue weighted by Crippen LogP contribution is -2.27. The van der Waals surface area contributed by atoms with Gasteiger partial charge in [0.05, 0.1) is 0 Å². The summed E-state index contributed by atoms with van der Waals surface area (Å²) in [5, 5.41) is 2.94. The third kappa shape index (κ3) is 1.41. The summed E-state index contributed by atoms with van der Waals surface area (Å²) in [6.07, 6.45) is 0.863. The van der Waals surface area contributed by atoms with Crippen molar-refractivity contribution >= 4 is 11.6 Å². The van der Waals surface area contributed by atoms with Crippen LogP contribution < -0.4 is 5.32 Å². The second-order valence-electron chi connectivity index (χ2n) is 4.19. The Labute approximate surface area is 84.3 Å². The van der Waals surface area contributed by atoms with E-state index in [1.54, 1.807) is 0 Å². The molecular formula is C12H15NO. The van der Waals surface area contributed by atoms with E-state index in [0.29, 0.717) is 0 Å². The number of fused-ring (bicyclic) bond motifs is 1. The molecule has 1 N–H and O–H groups in total. The van der Waals surface area contributed by atoms with Crippen molar-refractivity contribution in [3.8, 4) is 0 Å². The summed E-state index contributed by atoms with van der Waals surface area (Å²) in [5.41, 5.74) is 4.79. The molecule has 74 valence electrons. The average Bonchev–Trinajstić information content (AvgIpc) is 2.11. The molecule has 0 radical (unpaired) electrons. The molecule has 0 fully saturated rings. The highest BCUT2D eigenvalue weighted by molar-refractivity contribution is 5.95. The van der Waals surface area contributed by atoms with E-state index in [2.05, 4.69) is 31.3 Å². The van der Waals surface area contributed by atoms with Crippen LogP contribution in [0.25, 0.3) is 0 Å². The van der Waals surface area contributed by atoms with Gasteiger partial charge in [-0.15, -0.1) is 0 Å². The molecule has 2 heteroatoms. The standard InChI is InChI=1S/C12H15NO/c1-7-4-10-5-9(3)12(14)13-11(10)6-8(7)2/h4,6,9H,5H2,1-3H3,(H,13,14). The fraction of sp³-hybridized carbons (Fsp3) is 0.417. The molecule has 0 spiro atoms. The number of carbonyl (C=O) groups excluding carboxylic acids is 1. The van der Waals surface area contributed by atoms with E-state index >= 15 is 0 Å². The SMILES string of the molecule is Cc1cc2c(cc1C)NC(=O)C(C)C2. The van der Waals surface area contributed by atoms with Crippen LogP contribution in [0.5, 0.6) is 0 Å². The topological polar surface area (TPSA) is 29.1 Å². The molecule has 2 rings (SSSR count). The van der Waals surface area contributed by atoms with Crippen molar-refractivity contribution in [2.45, 2.75) is 27.2 Å². The fourth-order valence-corrected chi connectivity index (χ4v) is 1.84. The Morgan fingerprint density at radius 3 is 2.64 bits per heavy atom. The molecule has 0 aliphatic carbocycles. The fourth-order valence-electron chi connectivity index (χ4n) is 1.84. The first kappa shape index (κ1) is 9.25. The van der Waals surface area contributed by atoms with Gasteiger partial charge in [0.15, 0.2) is 0 Å². The van der Waals surface area contributed by atoms with Gasteiger partial charge in [-0.05, 0) is 43.0 Å². The monoisotopic (exact) mass is 189 g/mol. The van der Waals surface area contributed by atoms with Crippen LogP contribution in [0, 0.1) is 19.8 Å². The van der Waals surface area contributed by atoms with E-state index in [1.165, 1.54) is 16.7 Å². The molecule has 2 nitrogen and oxygen atoms in total. The van der Waals surface area contributed by atoms with Crippen molar-refractivity contribution in [2.75, 3.05) is 5.32 Å². The predicted octanol–water partition coefficient (Wildman–Crippen LogP) is 2.43. The second-order valence-corrected chi connectivity index (χ2v) is 4.19. The van der Waals surface area contributed by atoms with Gasteiger partial charge in [0.1, 0.15) is 0 Å². The number of hydrogen-bond donors (Lipinski definition) is 1. The van der Waals surface area contributed by atoms with Crippen LogP contribution in [-0.4, -0.2) is 5.91 Å². The minimum atomic E-state index is 0.101. The lowest BCUT2D eigenvalue weighted by atomic mass is 9.92. The normalized spacial score (nSPS) is 20.2. The van der Waals surface area contributed by atoms with Crippen molar-refractivity contribution in [2.24, 2.45) is 5.92 Å². The molecule has 0 saturated carbocycles. The Balaban J connectivity index is 2.47. The Morgan fingerprint density at radius 1 is 1.29 bits per heavy atom. The van der Waals surface area contributed by atoms with Crippen molar-refractivity contribution in [1.29, 1.82) is 0 Å². The van der Waals surface area contributed by atoms with Crippen LogP contribution in [0.3, 0.4) is 0 Å². The first-order chi connectivity index (χ1) is 6.58. The maximum absolute atomic E-state index is 11.4. The van der Waals surface area contributed by atoms with Gasteiger partial charge in [-0.1, -0.05) is 13.0 Å². The minimum Gasteiger partial charge on any atom is -0.326 e. The van der Waals surface area contributed by atoms with Crippen LogP contribution >= 0.6 is 0 Å². The lowest BCUT2D eigenvalue weighted by Gasteiger charge is -2.23. The van der Waals surface area contributed by atoms with E-state index in [0.717, 1.165) is 12.1 Å². The summed E-state index contributed by atoms with van der Waals surface area (Å²) in [6, 6.07) is 4.25. The summed E-state index contributed by atoms with van der Waals surface area (Å²) in [5.74, 6) is 0.241. The number of hydrogen-bond acceptors (Lipinski definition) is 1. The van der Waals surface area contributed by atoms with E-state index in [9.17, 15) is 4.79 Å². The van der Waals surface area contributed by atoms with E-state index < -0.39 is 0 Å². The summed E-state index contributed by atoms with van der Waals surface area (Å²) in [4.78, 5) is 11.4. The summed E-state index contributed by atoms with van der Waals surface area (Å²) in [6.45, 7) is 6.14. The number of benzene rings is 1. The van der Waals surface area contributed by atoms with E-state index in [1.807, 2.05) is 6.92 Å². The average molecular weight is 189 g/mol. The van der Waals surface area contributed by atoms with Gasteiger partial charge in [-0.25, -0.2) is 0 Å². The third-order valence-corrected chi connectivity index (χ3v) is 2.95. The Hall–Kier alpha value is -1.31. The number of anilines is 1. The summed E-state index contributed by atoms with van der Waals surface area (Å²) in [7, 11) is 0. The van der Waals surface area contributed by atoms with Gasteiger partial charge in [-0.3, -0.25) is 4.79 Å². The molecule has 1 unspecified atom stereocenters. The van der Waals surface area contributed by atoms with Crippen LogP contribution in [0.2, 0.25) is 0 Å². The zero-order chi connectivity index (χ0) is 10.3. The molecule has 1 aliphatic rings. The Kier molecular flexibility index (Phi) is 2.06. The van der Waals surface area contributed by atoms with Gasteiger partial charge in [0, 0.05) is 11.6 Å². The first-order valence-corrected chi connectivity index (χ1v) is 4.99. The molecule has 1 aliphatic heterocycles. The van der Waals surface area contributed by atoms with E-state index in [-0.39, 0.29) is 11.8 Å². The third-order valence-electron chi connectivity index (χ3n) is 2.95. The number of aryl methyl sites for hydroxylation is 2. The van der Waals surface area contributed by atoms with Gasteiger partial charge in [0.2, 0.25) is 5.91 Å². The molecule has 0 saturated heterocycles. The smallest absolute Gasteiger partial charge is 0.227 e. The van der Waals surface area contributed by atoms with Crippen molar-refractivity contribution < 1.29 is 4.79 Å². The molecule has 0 aromatic heterocycles. The number of carbonyl (C=O) groups is 1. The molecule has 1 heterocycles. The molecule has 1 amide bonds. The van der Waals surface area contributed by atoms with Gasteiger partial charge < -0.3 is 5.32 Å². The summed E-state index contributed by atoms with van der Waals surface area (Å²) < 4.78 is 0. The molecular weight excluding hydrogens is 174 g/mol. The maximum Gasteiger partial charge on any atom is 0.227 e. The highest BCUT2D eigenvalue weighted by Gasteiger charge is 2.22. The van der Waals surface area contributed by atoms with Crippen LogP contribution in [0.4, 0.5) is 5.69 Å². The lowest BCUT2D eigenvalue weighted by molar-refractivity contribution is -0.119. The quantitative estimate of drug-likeness (QED) is 0.667. The van der Waals surface area contributed by atoms with Gasteiger partial charge in [-0.2, -0.15) is 0 Å². The van der Waals surface area contributed by atoms with Crippen molar-refractivity contribution in [3.63, 3.8) is 0 Å². The minimum absolute atomic E-state index is 0.101. The zero-order valence-electron chi connectivity index (χ0n) is 8.85.